The van der Waals surface area contributed by atoms with Crippen LogP contribution >= 0.6 is 22.6 Å². The summed E-state index contributed by atoms with van der Waals surface area (Å²) in [6, 6.07) is 0. The summed E-state index contributed by atoms with van der Waals surface area (Å²) in [4.78, 5) is 12.3. The van der Waals surface area contributed by atoms with Crippen LogP contribution in [0.2, 0.25) is 33.2 Å². The first-order chi connectivity index (χ1) is 23.0. The van der Waals surface area contributed by atoms with Crippen molar-refractivity contribution < 1.29 is 18.4 Å². The average molecular weight is 846 g/mol. The lowest BCUT2D eigenvalue weighted by Gasteiger charge is -2.48. The van der Waals surface area contributed by atoms with Gasteiger partial charge >= 0.3 is 6.09 Å². The summed E-state index contributed by atoms with van der Waals surface area (Å²) in [5.41, 5.74) is 9.86. The fourth-order valence-electron chi connectivity index (χ4n) is 9.56. The highest BCUT2D eigenvalue weighted by molar-refractivity contribution is 14.1. The quantitative estimate of drug-likeness (QED) is 0.0481. The number of halogens is 1. The SMILES string of the molecule is C=C/C=C\[C@@H](C)[C@@H](OC(N)=O)[C@H](C)[C@@H](O[Si](C(C)C)(C(C)C)C(C)C)[C@H](C)C/C(C)=C\[C@@H](C)[C@H](O[Si](C(C)C)(C(C)C)C(C)C)[C@H](C)/C=C\I. The predicted molar refractivity (Wildman–Crippen MR) is 233 cm³/mol. The monoisotopic (exact) mass is 845 g/mol. The minimum Gasteiger partial charge on any atom is -0.445 e. The Balaban J connectivity index is 7.11. The average Bonchev–Trinajstić information content (AvgIpc) is 2.97. The molecule has 0 radical (unpaired) electrons. The molecule has 2 N–H and O–H groups in total. The fraction of sp³-hybridized carbons (Fsp3) is 0.786. The van der Waals surface area contributed by atoms with Gasteiger partial charge in [-0.2, -0.15) is 0 Å². The second kappa shape index (κ2) is 22.5. The predicted octanol–water partition coefficient (Wildman–Crippen LogP) is 13.8. The van der Waals surface area contributed by atoms with E-state index < -0.39 is 28.8 Å². The van der Waals surface area contributed by atoms with Gasteiger partial charge in [0.15, 0.2) is 0 Å². The maximum Gasteiger partial charge on any atom is 0.404 e. The highest BCUT2D eigenvalue weighted by Crippen LogP contribution is 2.47. The van der Waals surface area contributed by atoms with Gasteiger partial charge in [-0.15, -0.1) is 0 Å². The lowest BCUT2D eigenvalue weighted by atomic mass is 9.81. The van der Waals surface area contributed by atoms with E-state index in [-0.39, 0.29) is 41.8 Å². The molecule has 0 saturated carbocycles. The van der Waals surface area contributed by atoms with Crippen molar-refractivity contribution in [3.63, 3.8) is 0 Å². The maximum atomic E-state index is 12.3. The fourth-order valence-corrected chi connectivity index (χ4v) is 21.7. The second-order valence-electron chi connectivity index (χ2n) is 17.3. The highest BCUT2D eigenvalue weighted by Gasteiger charge is 2.50. The first-order valence-electron chi connectivity index (χ1n) is 19.5. The van der Waals surface area contributed by atoms with Crippen molar-refractivity contribution in [2.75, 3.05) is 0 Å². The van der Waals surface area contributed by atoms with Gasteiger partial charge in [-0.1, -0.05) is 183 Å². The molecule has 0 aromatic heterocycles. The summed E-state index contributed by atoms with van der Waals surface area (Å²) in [5.74, 6) is 0.545. The molecule has 0 saturated heterocycles. The first kappa shape index (κ1) is 49.3. The third-order valence-corrected chi connectivity index (χ3v) is 24.2. The van der Waals surface area contributed by atoms with Crippen LogP contribution in [0.4, 0.5) is 4.79 Å². The highest BCUT2D eigenvalue weighted by atomic mass is 127. The van der Waals surface area contributed by atoms with Crippen molar-refractivity contribution in [2.45, 2.75) is 183 Å². The van der Waals surface area contributed by atoms with Crippen LogP contribution in [0.25, 0.3) is 0 Å². The molecule has 0 fully saturated rings. The van der Waals surface area contributed by atoms with Crippen molar-refractivity contribution in [2.24, 2.45) is 35.3 Å². The van der Waals surface area contributed by atoms with Crippen LogP contribution in [-0.4, -0.2) is 41.0 Å². The summed E-state index contributed by atoms with van der Waals surface area (Å²) in [5, 5.41) is 0. The number of rotatable bonds is 23. The van der Waals surface area contributed by atoms with Gasteiger partial charge in [0, 0.05) is 17.8 Å². The molecule has 8 heteroatoms. The lowest BCUT2D eigenvalue weighted by Crippen LogP contribution is -2.54. The second-order valence-corrected chi connectivity index (χ2v) is 28.8. The summed E-state index contributed by atoms with van der Waals surface area (Å²) in [6.07, 6.45) is 10.1. The number of hydrogen-bond acceptors (Lipinski definition) is 4. The van der Waals surface area contributed by atoms with Crippen LogP contribution < -0.4 is 5.73 Å². The van der Waals surface area contributed by atoms with Gasteiger partial charge in [0.1, 0.15) is 6.10 Å². The van der Waals surface area contributed by atoms with E-state index in [1.165, 1.54) is 5.57 Å². The van der Waals surface area contributed by atoms with Gasteiger partial charge in [-0.05, 0) is 62.5 Å². The number of primary amides is 1. The zero-order valence-electron chi connectivity index (χ0n) is 35.5. The van der Waals surface area contributed by atoms with E-state index in [2.05, 4.69) is 170 Å². The number of amides is 1. The molecule has 0 aliphatic heterocycles. The molecule has 1 amide bonds. The first-order valence-corrected chi connectivity index (χ1v) is 25.1. The molecule has 0 spiro atoms. The van der Waals surface area contributed by atoms with Crippen molar-refractivity contribution in [3.8, 4) is 0 Å². The third kappa shape index (κ3) is 13.0. The van der Waals surface area contributed by atoms with Crippen molar-refractivity contribution in [1.82, 2.24) is 0 Å². The number of carbonyl (C=O) groups excluding carboxylic acids is 1. The molecule has 0 rings (SSSR count). The zero-order valence-corrected chi connectivity index (χ0v) is 39.7. The van der Waals surface area contributed by atoms with Gasteiger partial charge in [-0.25, -0.2) is 4.79 Å². The topological polar surface area (TPSA) is 70.8 Å². The Labute approximate surface area is 326 Å². The summed E-state index contributed by atoms with van der Waals surface area (Å²) >= 11 is 2.34. The lowest BCUT2D eigenvalue weighted by molar-refractivity contribution is -0.0222. The van der Waals surface area contributed by atoms with E-state index in [0.29, 0.717) is 33.2 Å². The van der Waals surface area contributed by atoms with Gasteiger partial charge in [-0.3, -0.25) is 0 Å². The van der Waals surface area contributed by atoms with Gasteiger partial charge in [0.2, 0.25) is 16.6 Å². The van der Waals surface area contributed by atoms with Crippen LogP contribution in [0, 0.1) is 29.6 Å². The van der Waals surface area contributed by atoms with Crippen LogP contribution in [0.5, 0.6) is 0 Å². The number of carbonyl (C=O) groups is 1. The number of hydrogen-bond donors (Lipinski definition) is 1. The van der Waals surface area contributed by atoms with Crippen LogP contribution in [-0.2, 0) is 13.6 Å². The molecule has 0 heterocycles. The molecule has 0 aliphatic rings. The van der Waals surface area contributed by atoms with Crippen molar-refractivity contribution in [1.29, 1.82) is 0 Å². The molecule has 0 aromatic rings. The smallest absolute Gasteiger partial charge is 0.404 e. The summed E-state index contributed by atoms with van der Waals surface area (Å²) in [7, 11) is -4.41. The molecule has 5 nitrogen and oxygen atoms in total. The van der Waals surface area contributed by atoms with Crippen molar-refractivity contribution in [3.05, 3.63) is 46.6 Å². The minimum atomic E-state index is -2.30. The number of ether oxygens (including phenoxy) is 1. The molecular formula is C42H80INO4Si2. The van der Waals surface area contributed by atoms with Gasteiger partial charge in [0.25, 0.3) is 0 Å². The standard InChI is InChI=1S/C42H80INO4Si2/c1-20-21-22-34(15)40(46-42(44)45)38(19)41(48-50(30(8)9,31(10)11)32(12)13)37(18)26-33(14)25-36(17)39(35(16)23-24-43)47-49(27(2)3,28(4)5)29(6)7/h20-25,27-32,34-41H,1,26H2,2-19H3,(H2,44,45)/b22-21-,24-23-,33-25-/t34-,35-,36-,37-,38+,39-,40-,41+/m1/s1. The van der Waals surface area contributed by atoms with Crippen LogP contribution in [0.3, 0.4) is 0 Å². The zero-order chi connectivity index (χ0) is 39.3. The molecule has 0 aromatic carbocycles. The largest absolute Gasteiger partial charge is 0.445 e. The Morgan fingerprint density at radius 1 is 0.660 bits per heavy atom. The van der Waals surface area contributed by atoms with E-state index in [1.807, 2.05) is 12.2 Å². The number of allylic oxidation sites excluding steroid dienone is 3. The molecule has 0 aliphatic carbocycles. The van der Waals surface area contributed by atoms with E-state index in [0.717, 1.165) is 6.42 Å². The molecule has 0 unspecified atom stereocenters. The summed E-state index contributed by atoms with van der Waals surface area (Å²) < 4.78 is 23.2. The van der Waals surface area contributed by atoms with Gasteiger partial charge < -0.3 is 19.3 Å². The van der Waals surface area contributed by atoms with Crippen LogP contribution in [0.15, 0.2) is 46.6 Å². The van der Waals surface area contributed by atoms with Crippen LogP contribution in [0.1, 0.15) is 131 Å². The van der Waals surface area contributed by atoms with E-state index in [9.17, 15) is 4.79 Å². The molecule has 0 bridgehead atoms. The Bertz CT molecular complexity index is 1060. The van der Waals surface area contributed by atoms with E-state index in [1.54, 1.807) is 6.08 Å². The normalized spacial score (nSPS) is 18.8. The molecule has 8 atom stereocenters. The molecular weight excluding hydrogens is 766 g/mol. The molecule has 50 heavy (non-hydrogen) atoms. The maximum absolute atomic E-state index is 12.3. The van der Waals surface area contributed by atoms with Gasteiger partial charge in [0.05, 0.1) is 12.2 Å². The third-order valence-electron chi connectivity index (χ3n) is 11.6. The Morgan fingerprint density at radius 3 is 1.42 bits per heavy atom. The van der Waals surface area contributed by atoms with E-state index >= 15 is 0 Å². The van der Waals surface area contributed by atoms with Crippen molar-refractivity contribution >= 4 is 45.3 Å². The Morgan fingerprint density at radius 2 is 1.06 bits per heavy atom. The summed E-state index contributed by atoms with van der Waals surface area (Å²) in [6.45, 7) is 45.6. The van der Waals surface area contributed by atoms with E-state index in [4.69, 9.17) is 19.3 Å². The molecule has 292 valence electrons. The number of nitrogens with two attached hydrogens (primary N) is 1. The Hall–Kier alpha value is -0.686. The Kier molecular flexibility index (Phi) is 22.2. The minimum absolute atomic E-state index is 0.0589.